The third-order valence-corrected chi connectivity index (χ3v) is 4.60. The van der Waals surface area contributed by atoms with E-state index in [4.69, 9.17) is 9.47 Å². The lowest BCUT2D eigenvalue weighted by atomic mass is 9.94. The summed E-state index contributed by atoms with van der Waals surface area (Å²) in [7, 11) is 3.35. The maximum absolute atomic E-state index is 12.4. The summed E-state index contributed by atoms with van der Waals surface area (Å²) in [5, 5.41) is 0. The molecule has 6 heteroatoms. The van der Waals surface area contributed by atoms with Gasteiger partial charge in [0, 0.05) is 33.9 Å². The van der Waals surface area contributed by atoms with Gasteiger partial charge in [-0.1, -0.05) is 18.2 Å². The smallest absolute Gasteiger partial charge is 0.260 e. The number of para-hydroxylation sites is 1. The average Bonchev–Trinajstić information content (AvgIpc) is 2.65. The molecular weight excluding hydrogens is 320 g/mol. The van der Waals surface area contributed by atoms with Crippen LogP contribution >= 0.6 is 0 Å². The van der Waals surface area contributed by atoms with Crippen LogP contribution in [0.4, 0.5) is 0 Å². The monoisotopic (exact) mass is 348 g/mol. The Kier molecular flexibility index (Phi) is 7.73. The third kappa shape index (κ3) is 6.38. The van der Waals surface area contributed by atoms with Gasteiger partial charge in [0.15, 0.2) is 6.61 Å². The predicted octanol–water partition coefficient (Wildman–Crippen LogP) is 1.80. The number of likely N-dealkylation sites (tertiary alicyclic amines) is 1. The van der Waals surface area contributed by atoms with E-state index in [2.05, 4.69) is 0 Å². The first-order valence-electron chi connectivity index (χ1n) is 8.78. The number of methoxy groups -OCH3 is 1. The van der Waals surface area contributed by atoms with E-state index in [0.29, 0.717) is 11.7 Å². The summed E-state index contributed by atoms with van der Waals surface area (Å²) in [6.45, 7) is 2.33. The van der Waals surface area contributed by atoms with Crippen LogP contribution in [0.2, 0.25) is 0 Å². The molecular formula is C19H28N2O4. The van der Waals surface area contributed by atoms with Crippen LogP contribution in [-0.2, 0) is 14.3 Å². The molecule has 1 saturated heterocycles. The van der Waals surface area contributed by atoms with Crippen LogP contribution in [0.15, 0.2) is 30.3 Å². The van der Waals surface area contributed by atoms with Gasteiger partial charge < -0.3 is 19.3 Å². The van der Waals surface area contributed by atoms with Gasteiger partial charge in [0.25, 0.3) is 5.91 Å². The van der Waals surface area contributed by atoms with Crippen LogP contribution < -0.4 is 4.74 Å². The van der Waals surface area contributed by atoms with Crippen molar-refractivity contribution in [3.05, 3.63) is 30.3 Å². The Bertz CT molecular complexity index is 542. The van der Waals surface area contributed by atoms with Crippen molar-refractivity contribution in [3.63, 3.8) is 0 Å². The highest BCUT2D eigenvalue weighted by molar-refractivity contribution is 5.85. The number of hydrogen-bond acceptors (Lipinski definition) is 4. The summed E-state index contributed by atoms with van der Waals surface area (Å²) in [5.74, 6) is 1.07. The SMILES string of the molecule is COCCC1CCN(C(=O)CN(C)C(=O)COc2ccccc2)CC1. The number of likely N-dealkylation sites (N-methyl/N-ethyl adjacent to an activating group) is 1. The zero-order valence-electron chi connectivity index (χ0n) is 15.1. The molecule has 0 spiro atoms. The Morgan fingerprint density at radius 1 is 1.20 bits per heavy atom. The van der Waals surface area contributed by atoms with Crippen molar-refractivity contribution in [2.75, 3.05) is 47.0 Å². The number of carbonyl (C=O) groups excluding carboxylic acids is 2. The number of carbonyl (C=O) groups is 2. The van der Waals surface area contributed by atoms with Gasteiger partial charge in [-0.3, -0.25) is 9.59 Å². The van der Waals surface area contributed by atoms with E-state index >= 15 is 0 Å². The lowest BCUT2D eigenvalue weighted by molar-refractivity contribution is -0.141. The minimum absolute atomic E-state index is 0.000697. The first-order valence-corrected chi connectivity index (χ1v) is 8.78. The molecule has 2 amide bonds. The number of amides is 2. The Morgan fingerprint density at radius 3 is 2.52 bits per heavy atom. The molecule has 0 bridgehead atoms. The van der Waals surface area contributed by atoms with E-state index in [0.717, 1.165) is 39.0 Å². The standard InChI is InChI=1S/C19H28N2O4/c1-20(19(23)15-25-17-6-4-3-5-7-17)14-18(22)21-11-8-16(9-12-21)10-13-24-2/h3-7,16H,8-15H2,1-2H3. The molecule has 25 heavy (non-hydrogen) atoms. The Morgan fingerprint density at radius 2 is 1.88 bits per heavy atom. The maximum atomic E-state index is 12.4. The zero-order chi connectivity index (χ0) is 18.1. The van der Waals surface area contributed by atoms with Crippen LogP contribution in [0, 0.1) is 5.92 Å². The Balaban J connectivity index is 1.70. The molecule has 1 aliphatic heterocycles. The number of piperidine rings is 1. The van der Waals surface area contributed by atoms with Crippen molar-refractivity contribution >= 4 is 11.8 Å². The van der Waals surface area contributed by atoms with Gasteiger partial charge in [-0.15, -0.1) is 0 Å². The lowest BCUT2D eigenvalue weighted by Crippen LogP contribution is -2.45. The molecule has 1 heterocycles. The lowest BCUT2D eigenvalue weighted by Gasteiger charge is -2.33. The molecule has 138 valence electrons. The van der Waals surface area contributed by atoms with Crippen molar-refractivity contribution in [3.8, 4) is 5.75 Å². The largest absolute Gasteiger partial charge is 0.484 e. The summed E-state index contributed by atoms with van der Waals surface area (Å²) >= 11 is 0. The summed E-state index contributed by atoms with van der Waals surface area (Å²) in [5.41, 5.74) is 0. The van der Waals surface area contributed by atoms with E-state index in [9.17, 15) is 9.59 Å². The predicted molar refractivity (Wildman–Crippen MR) is 95.4 cm³/mol. The topological polar surface area (TPSA) is 59.1 Å². The Hall–Kier alpha value is -2.08. The number of hydrogen-bond donors (Lipinski definition) is 0. The molecule has 1 aliphatic rings. The molecule has 1 fully saturated rings. The van der Waals surface area contributed by atoms with Crippen LogP contribution in [0.5, 0.6) is 5.75 Å². The van der Waals surface area contributed by atoms with Crippen LogP contribution in [0.1, 0.15) is 19.3 Å². The van der Waals surface area contributed by atoms with Crippen molar-refractivity contribution < 1.29 is 19.1 Å². The fourth-order valence-electron chi connectivity index (χ4n) is 2.92. The third-order valence-electron chi connectivity index (χ3n) is 4.60. The van der Waals surface area contributed by atoms with Crippen molar-refractivity contribution in [1.29, 1.82) is 0 Å². The van der Waals surface area contributed by atoms with Crippen molar-refractivity contribution in [2.24, 2.45) is 5.92 Å². The van der Waals surface area contributed by atoms with Gasteiger partial charge >= 0.3 is 0 Å². The number of rotatable bonds is 8. The molecule has 2 rings (SSSR count). The number of benzene rings is 1. The van der Waals surface area contributed by atoms with Crippen LogP contribution in [0.25, 0.3) is 0 Å². The Labute approximate surface area is 149 Å². The van der Waals surface area contributed by atoms with Gasteiger partial charge in [0.2, 0.25) is 5.91 Å². The molecule has 0 aliphatic carbocycles. The van der Waals surface area contributed by atoms with Gasteiger partial charge in [-0.25, -0.2) is 0 Å². The molecule has 0 atom stereocenters. The molecule has 0 radical (unpaired) electrons. The second-order valence-electron chi connectivity index (χ2n) is 6.46. The summed E-state index contributed by atoms with van der Waals surface area (Å²) in [6, 6.07) is 9.18. The van der Waals surface area contributed by atoms with Gasteiger partial charge in [0.1, 0.15) is 5.75 Å². The van der Waals surface area contributed by atoms with E-state index in [1.165, 1.54) is 4.90 Å². The van der Waals surface area contributed by atoms with Gasteiger partial charge in [-0.2, -0.15) is 0 Å². The summed E-state index contributed by atoms with van der Waals surface area (Å²) in [4.78, 5) is 27.8. The minimum atomic E-state index is -0.202. The summed E-state index contributed by atoms with van der Waals surface area (Å²) < 4.78 is 10.6. The highest BCUT2D eigenvalue weighted by Gasteiger charge is 2.24. The van der Waals surface area contributed by atoms with E-state index in [-0.39, 0.29) is 25.0 Å². The minimum Gasteiger partial charge on any atom is -0.484 e. The zero-order valence-corrected chi connectivity index (χ0v) is 15.1. The van der Waals surface area contributed by atoms with Gasteiger partial charge in [0.05, 0.1) is 6.54 Å². The van der Waals surface area contributed by atoms with Gasteiger partial charge in [-0.05, 0) is 37.3 Å². The normalized spacial score (nSPS) is 15.0. The first-order chi connectivity index (χ1) is 12.1. The van der Waals surface area contributed by atoms with Crippen LogP contribution in [-0.4, -0.2) is 68.6 Å². The molecule has 1 aromatic carbocycles. The highest BCUT2D eigenvalue weighted by Crippen LogP contribution is 2.20. The van der Waals surface area contributed by atoms with Crippen molar-refractivity contribution in [1.82, 2.24) is 9.80 Å². The fourth-order valence-corrected chi connectivity index (χ4v) is 2.92. The average molecular weight is 348 g/mol. The first kappa shape index (κ1) is 19.2. The highest BCUT2D eigenvalue weighted by atomic mass is 16.5. The van der Waals surface area contributed by atoms with Crippen LogP contribution in [0.3, 0.4) is 0 Å². The molecule has 0 unspecified atom stereocenters. The number of ether oxygens (including phenoxy) is 2. The molecule has 0 saturated carbocycles. The summed E-state index contributed by atoms with van der Waals surface area (Å²) in [6.07, 6.45) is 3.06. The number of nitrogens with zero attached hydrogens (tertiary/aromatic N) is 2. The maximum Gasteiger partial charge on any atom is 0.260 e. The quantitative estimate of drug-likeness (QED) is 0.719. The fraction of sp³-hybridized carbons (Fsp3) is 0.579. The molecule has 0 aromatic heterocycles. The second kappa shape index (κ2) is 10.0. The second-order valence-corrected chi connectivity index (χ2v) is 6.46. The molecule has 1 aromatic rings. The van der Waals surface area contributed by atoms with E-state index < -0.39 is 0 Å². The van der Waals surface area contributed by atoms with E-state index in [1.807, 2.05) is 23.1 Å². The molecule has 6 nitrogen and oxygen atoms in total. The van der Waals surface area contributed by atoms with Crippen molar-refractivity contribution in [2.45, 2.75) is 19.3 Å². The molecule has 0 N–H and O–H groups in total. The van der Waals surface area contributed by atoms with E-state index in [1.54, 1.807) is 26.3 Å².